The Morgan fingerprint density at radius 3 is 2.58 bits per heavy atom. The maximum absolute atomic E-state index is 13.3. The van der Waals surface area contributed by atoms with E-state index in [4.69, 9.17) is 16.1 Å². The number of hydrogen-bond donors (Lipinski definition) is 2. The number of aryl methyl sites for hydroxylation is 1. The van der Waals surface area contributed by atoms with Crippen molar-refractivity contribution in [3.63, 3.8) is 0 Å². The molecular weight excluding hydrogens is 532 g/mol. The molecule has 11 nitrogen and oxygen atoms in total. The molecule has 0 fully saturated rings. The van der Waals surface area contributed by atoms with Gasteiger partial charge in [-0.25, -0.2) is 0 Å². The summed E-state index contributed by atoms with van der Waals surface area (Å²) in [5.74, 6) is 0.0923. The van der Waals surface area contributed by atoms with Crippen LogP contribution in [-0.4, -0.2) is 48.2 Å². The molecule has 0 saturated heterocycles. The van der Waals surface area contributed by atoms with E-state index in [0.29, 0.717) is 40.1 Å². The summed E-state index contributed by atoms with van der Waals surface area (Å²) in [5.41, 5.74) is 3.45. The van der Waals surface area contributed by atoms with Crippen molar-refractivity contribution in [3.8, 4) is 17.1 Å². The van der Waals surface area contributed by atoms with Gasteiger partial charge in [-0.1, -0.05) is 47.1 Å². The number of benzene rings is 3. The molecule has 40 heavy (non-hydrogen) atoms. The van der Waals surface area contributed by atoms with Gasteiger partial charge in [0.2, 0.25) is 23.5 Å². The predicted octanol–water partition coefficient (Wildman–Crippen LogP) is 4.05. The molecule has 0 spiro atoms. The number of nitrogens with zero attached hydrogens (tertiary/aromatic N) is 6. The van der Waals surface area contributed by atoms with Crippen LogP contribution in [0.4, 0.5) is 5.69 Å². The van der Waals surface area contributed by atoms with Crippen LogP contribution >= 0.6 is 11.6 Å². The highest BCUT2D eigenvalue weighted by Gasteiger charge is 2.21. The van der Waals surface area contributed by atoms with Crippen molar-refractivity contribution in [1.82, 2.24) is 35.7 Å². The highest BCUT2D eigenvalue weighted by atomic mass is 35.5. The van der Waals surface area contributed by atoms with Crippen LogP contribution in [0.1, 0.15) is 17.0 Å². The summed E-state index contributed by atoms with van der Waals surface area (Å²) >= 11 is 6.17. The Morgan fingerprint density at radius 1 is 1.07 bits per heavy atom. The lowest BCUT2D eigenvalue weighted by Crippen LogP contribution is -2.44. The monoisotopic (exact) mass is 554 g/mol. The molecule has 0 radical (unpaired) electrons. The lowest BCUT2D eigenvalue weighted by molar-refractivity contribution is -0.123. The molecule has 0 unspecified atom stereocenters. The van der Waals surface area contributed by atoms with E-state index in [2.05, 4.69) is 36.3 Å². The first-order chi connectivity index (χ1) is 19.4. The second-order valence-electron chi connectivity index (χ2n) is 8.75. The van der Waals surface area contributed by atoms with Crippen molar-refractivity contribution in [2.75, 3.05) is 5.32 Å². The highest BCUT2D eigenvalue weighted by molar-refractivity contribution is 6.30. The second kappa shape index (κ2) is 12.1. The van der Waals surface area contributed by atoms with E-state index < -0.39 is 11.9 Å². The molecule has 3 aromatic carbocycles. The predicted molar refractivity (Wildman–Crippen MR) is 148 cm³/mol. The largest absolute Gasteiger partial charge is 0.340 e. The lowest BCUT2D eigenvalue weighted by atomic mass is 10.0. The minimum atomic E-state index is -0.850. The number of amides is 2. The molecule has 5 aromatic rings. The summed E-state index contributed by atoms with van der Waals surface area (Å²) < 4.78 is 6.49. The molecule has 5 rings (SSSR count). The Balaban J connectivity index is 1.31. The molecule has 1 atom stereocenters. The van der Waals surface area contributed by atoms with E-state index in [-0.39, 0.29) is 5.91 Å². The van der Waals surface area contributed by atoms with Crippen molar-refractivity contribution in [1.29, 1.82) is 0 Å². The molecule has 2 aromatic heterocycles. The van der Waals surface area contributed by atoms with E-state index in [1.165, 1.54) is 17.1 Å². The van der Waals surface area contributed by atoms with Crippen LogP contribution in [0.2, 0.25) is 5.02 Å². The summed E-state index contributed by atoms with van der Waals surface area (Å²) in [6, 6.07) is 20.8. The van der Waals surface area contributed by atoms with E-state index in [0.717, 1.165) is 11.1 Å². The molecule has 200 valence electrons. The van der Waals surface area contributed by atoms with E-state index in [9.17, 15) is 9.59 Å². The Labute approximate surface area is 233 Å². The third kappa shape index (κ3) is 6.63. The maximum atomic E-state index is 13.3. The first-order valence-electron chi connectivity index (χ1n) is 12.2. The van der Waals surface area contributed by atoms with Crippen molar-refractivity contribution in [2.24, 2.45) is 0 Å². The summed E-state index contributed by atoms with van der Waals surface area (Å²) in [4.78, 5) is 30.5. The van der Waals surface area contributed by atoms with E-state index in [1.54, 1.807) is 55.5 Å². The van der Waals surface area contributed by atoms with Crippen molar-refractivity contribution in [3.05, 3.63) is 107 Å². The first kappa shape index (κ1) is 26.4. The van der Waals surface area contributed by atoms with Crippen LogP contribution in [0.5, 0.6) is 0 Å². The van der Waals surface area contributed by atoms with Crippen LogP contribution in [-0.2, 0) is 16.0 Å². The molecule has 2 amide bonds. The van der Waals surface area contributed by atoms with Gasteiger partial charge in [0.15, 0.2) is 0 Å². The SMILES string of the molecule is Cc1nc(-c2ccc(NC(=O)[C@H](Cc3ccccc3)NC(=O)/C=C/c3cc(Cl)ccc3-n3cnnn3)cc2)no1. The molecule has 0 bridgehead atoms. The molecule has 2 N–H and O–H groups in total. The molecule has 0 aliphatic rings. The third-order valence-corrected chi connectivity index (χ3v) is 6.09. The fourth-order valence-corrected chi connectivity index (χ4v) is 4.11. The number of carbonyl (C=O) groups excluding carboxylic acids is 2. The Kier molecular flexibility index (Phi) is 8.02. The molecule has 0 saturated carbocycles. The van der Waals surface area contributed by atoms with Gasteiger partial charge in [0, 0.05) is 41.3 Å². The molecule has 0 aliphatic carbocycles. The molecule has 2 heterocycles. The maximum Gasteiger partial charge on any atom is 0.247 e. The van der Waals surface area contributed by atoms with Gasteiger partial charge in [-0.3, -0.25) is 9.59 Å². The first-order valence-corrected chi connectivity index (χ1v) is 12.6. The number of tetrazole rings is 1. The summed E-state index contributed by atoms with van der Waals surface area (Å²) in [5, 5.41) is 21.3. The number of anilines is 1. The van der Waals surface area contributed by atoms with E-state index >= 15 is 0 Å². The number of rotatable bonds is 9. The van der Waals surface area contributed by atoms with Crippen LogP contribution in [0.3, 0.4) is 0 Å². The Morgan fingerprint density at radius 2 is 1.88 bits per heavy atom. The quantitative estimate of drug-likeness (QED) is 0.260. The summed E-state index contributed by atoms with van der Waals surface area (Å²) in [7, 11) is 0. The van der Waals surface area contributed by atoms with Crippen LogP contribution in [0.25, 0.3) is 23.2 Å². The standard InChI is InChI=1S/C28H23ClN8O3/c1-18-31-27(34-40-18)20-7-11-23(12-8-20)32-28(39)24(15-19-5-3-2-4-6-19)33-26(38)14-9-21-16-22(29)10-13-25(21)37-17-30-35-36-37/h2-14,16-17,24H,15H2,1H3,(H,32,39)(H,33,38)/b14-9+/t24-/m0/s1. The van der Waals surface area contributed by atoms with Gasteiger partial charge < -0.3 is 15.2 Å². The number of nitrogens with one attached hydrogen (secondary N) is 2. The Bertz CT molecular complexity index is 1630. The van der Waals surface area contributed by atoms with Gasteiger partial charge in [-0.15, -0.1) is 5.10 Å². The summed E-state index contributed by atoms with van der Waals surface area (Å²) in [6.07, 6.45) is 4.66. The fraction of sp³-hybridized carbons (Fsp3) is 0.107. The number of hydrogen-bond acceptors (Lipinski definition) is 8. The minimum Gasteiger partial charge on any atom is -0.340 e. The normalized spacial score (nSPS) is 11.8. The Hall–Kier alpha value is -5.16. The van der Waals surface area contributed by atoms with Gasteiger partial charge in [0.05, 0.1) is 5.69 Å². The highest BCUT2D eigenvalue weighted by Crippen LogP contribution is 2.21. The zero-order chi connectivity index (χ0) is 27.9. The van der Waals surface area contributed by atoms with Crippen LogP contribution < -0.4 is 10.6 Å². The molecule has 12 heteroatoms. The number of halogens is 1. The van der Waals surface area contributed by atoms with Crippen LogP contribution in [0, 0.1) is 6.92 Å². The summed E-state index contributed by atoms with van der Waals surface area (Å²) in [6.45, 7) is 1.71. The molecule has 0 aliphatic heterocycles. The van der Waals surface area contributed by atoms with Gasteiger partial charge in [0.25, 0.3) is 0 Å². The van der Waals surface area contributed by atoms with Crippen molar-refractivity contribution < 1.29 is 14.1 Å². The third-order valence-electron chi connectivity index (χ3n) is 5.85. The topological polar surface area (TPSA) is 141 Å². The van der Waals surface area contributed by atoms with Gasteiger partial charge in [-0.05, 0) is 64.5 Å². The average molecular weight is 555 g/mol. The van der Waals surface area contributed by atoms with Gasteiger partial charge in [-0.2, -0.15) is 9.67 Å². The van der Waals surface area contributed by atoms with Gasteiger partial charge in [0.1, 0.15) is 12.4 Å². The van der Waals surface area contributed by atoms with E-state index in [1.807, 2.05) is 30.3 Å². The second-order valence-corrected chi connectivity index (χ2v) is 9.18. The average Bonchev–Trinajstić information content (AvgIpc) is 3.65. The number of aromatic nitrogens is 6. The van der Waals surface area contributed by atoms with Gasteiger partial charge >= 0.3 is 0 Å². The molecular formula is C28H23ClN8O3. The lowest BCUT2D eigenvalue weighted by Gasteiger charge is -2.18. The zero-order valence-electron chi connectivity index (χ0n) is 21.2. The van der Waals surface area contributed by atoms with Crippen LogP contribution in [0.15, 0.2) is 89.7 Å². The smallest absolute Gasteiger partial charge is 0.247 e. The number of carbonyl (C=O) groups is 2. The fourth-order valence-electron chi connectivity index (χ4n) is 3.93. The van der Waals surface area contributed by atoms with Crippen molar-refractivity contribution >= 4 is 35.2 Å². The van der Waals surface area contributed by atoms with Crippen molar-refractivity contribution in [2.45, 2.75) is 19.4 Å². The zero-order valence-corrected chi connectivity index (χ0v) is 22.0. The minimum absolute atomic E-state index is 0.291.